The fourth-order valence-corrected chi connectivity index (χ4v) is 4.95. The van der Waals surface area contributed by atoms with E-state index in [1.54, 1.807) is 0 Å². The predicted octanol–water partition coefficient (Wildman–Crippen LogP) is 10.0. The van der Waals surface area contributed by atoms with Gasteiger partial charge in [-0.05, 0) is 63.9 Å². The van der Waals surface area contributed by atoms with Gasteiger partial charge in [0, 0.05) is 12.8 Å². The smallest absolute Gasteiger partial charge is 0.322 e. The summed E-state index contributed by atoms with van der Waals surface area (Å²) in [6, 6.07) is 0. The van der Waals surface area contributed by atoms with Crippen LogP contribution < -0.4 is 5.32 Å². The molecule has 1 amide bonds. The molecule has 0 aromatic carbocycles. The molecule has 0 saturated heterocycles. The fourth-order valence-electron chi connectivity index (χ4n) is 4.95. The number of carbonyl (C=O) groups excluding carboxylic acids is 2. The first-order chi connectivity index (χ1) is 20.5. The molecule has 42 heavy (non-hydrogen) atoms. The highest BCUT2D eigenvalue weighted by molar-refractivity contribution is 5.80. The number of unbranched alkanes of at least 4 members (excludes halogenated alkanes) is 18. The lowest BCUT2D eigenvalue weighted by Crippen LogP contribution is -2.28. The van der Waals surface area contributed by atoms with Gasteiger partial charge in [-0.1, -0.05) is 122 Å². The van der Waals surface area contributed by atoms with E-state index in [0.29, 0.717) is 12.8 Å². The predicted molar refractivity (Wildman–Crippen MR) is 176 cm³/mol. The van der Waals surface area contributed by atoms with Crippen molar-refractivity contribution in [3.8, 4) is 0 Å². The van der Waals surface area contributed by atoms with Crippen LogP contribution in [0.15, 0.2) is 24.3 Å². The molecule has 0 bridgehead atoms. The summed E-state index contributed by atoms with van der Waals surface area (Å²) in [6.07, 6.45) is 35.9. The molecule has 0 aromatic heterocycles. The molecular formula is C36H65NO5. The molecule has 0 aromatic rings. The monoisotopic (exact) mass is 591 g/mol. The van der Waals surface area contributed by atoms with Gasteiger partial charge in [0.2, 0.25) is 5.91 Å². The molecule has 0 radical (unpaired) electrons. The lowest BCUT2D eigenvalue weighted by Gasteiger charge is -2.15. The maximum Gasteiger partial charge on any atom is 0.322 e. The topological polar surface area (TPSA) is 92.7 Å². The second kappa shape index (κ2) is 31.8. The third kappa shape index (κ3) is 30.8. The lowest BCUT2D eigenvalue weighted by molar-refractivity contribution is -0.147. The van der Waals surface area contributed by atoms with Crippen molar-refractivity contribution in [2.24, 2.45) is 0 Å². The van der Waals surface area contributed by atoms with E-state index in [1.807, 2.05) is 0 Å². The Bertz CT molecular complexity index is 703. The van der Waals surface area contributed by atoms with E-state index >= 15 is 0 Å². The van der Waals surface area contributed by atoms with Crippen LogP contribution in [0.3, 0.4) is 0 Å². The summed E-state index contributed by atoms with van der Waals surface area (Å²) in [6.45, 7) is 4.14. The number of hydrogen-bond acceptors (Lipinski definition) is 4. The summed E-state index contributed by atoms with van der Waals surface area (Å²) in [7, 11) is 0. The first-order valence-electron chi connectivity index (χ1n) is 17.5. The maximum atomic E-state index is 12.6. The molecule has 0 aliphatic carbocycles. The molecule has 0 heterocycles. The molecule has 2 N–H and O–H groups in total. The Morgan fingerprint density at radius 1 is 0.619 bits per heavy atom. The number of esters is 1. The Morgan fingerprint density at radius 3 is 1.76 bits per heavy atom. The van der Waals surface area contributed by atoms with Crippen molar-refractivity contribution >= 4 is 17.8 Å². The summed E-state index contributed by atoms with van der Waals surface area (Å²) in [5, 5.41) is 11.0. The average Bonchev–Trinajstić information content (AvgIpc) is 2.97. The van der Waals surface area contributed by atoms with Gasteiger partial charge in [0.1, 0.15) is 12.6 Å². The molecule has 6 nitrogen and oxygen atoms in total. The molecule has 1 atom stereocenters. The molecule has 0 fully saturated rings. The number of amides is 1. The summed E-state index contributed by atoms with van der Waals surface area (Å²) in [5.41, 5.74) is 0. The Kier molecular flexibility index (Phi) is 30.2. The molecule has 0 aliphatic heterocycles. The van der Waals surface area contributed by atoms with E-state index in [4.69, 9.17) is 9.84 Å². The van der Waals surface area contributed by atoms with Crippen LogP contribution in [-0.4, -0.2) is 35.6 Å². The molecule has 0 saturated carbocycles. The molecule has 0 rings (SSSR count). The summed E-state index contributed by atoms with van der Waals surface area (Å²) in [5.74, 6) is -1.28. The van der Waals surface area contributed by atoms with Gasteiger partial charge in [-0.25, -0.2) is 0 Å². The molecular weight excluding hydrogens is 526 g/mol. The van der Waals surface area contributed by atoms with Crippen LogP contribution in [-0.2, 0) is 19.1 Å². The Balaban J connectivity index is 4.23. The van der Waals surface area contributed by atoms with Gasteiger partial charge in [-0.2, -0.15) is 0 Å². The van der Waals surface area contributed by atoms with Crippen molar-refractivity contribution in [1.29, 1.82) is 0 Å². The molecule has 0 aliphatic rings. The van der Waals surface area contributed by atoms with Gasteiger partial charge < -0.3 is 15.2 Å². The molecule has 1 unspecified atom stereocenters. The largest absolute Gasteiger partial charge is 0.480 e. The zero-order valence-corrected chi connectivity index (χ0v) is 27.4. The highest BCUT2D eigenvalue weighted by Gasteiger charge is 2.11. The normalized spacial score (nSPS) is 12.2. The van der Waals surface area contributed by atoms with E-state index in [0.717, 1.165) is 64.2 Å². The molecule has 6 heteroatoms. The number of carboxylic acid groups (broad SMARTS) is 1. The first-order valence-corrected chi connectivity index (χ1v) is 17.5. The first kappa shape index (κ1) is 39.9. The number of carbonyl (C=O) groups is 3. The van der Waals surface area contributed by atoms with Crippen LogP contribution in [0.2, 0.25) is 0 Å². The minimum atomic E-state index is -1.02. The minimum Gasteiger partial charge on any atom is -0.480 e. The number of hydrogen-bond donors (Lipinski definition) is 2. The minimum absolute atomic E-state index is 0.0655. The van der Waals surface area contributed by atoms with Crippen LogP contribution >= 0.6 is 0 Å². The number of ether oxygens (including phenoxy) is 1. The fraction of sp³-hybridized carbons (Fsp3) is 0.806. The van der Waals surface area contributed by atoms with E-state index in [9.17, 15) is 14.4 Å². The third-order valence-corrected chi connectivity index (χ3v) is 7.56. The third-order valence-electron chi connectivity index (χ3n) is 7.56. The second-order valence-corrected chi connectivity index (χ2v) is 11.8. The van der Waals surface area contributed by atoms with Crippen LogP contribution in [0.25, 0.3) is 0 Å². The van der Waals surface area contributed by atoms with Gasteiger partial charge in [0.15, 0.2) is 0 Å². The number of rotatable bonds is 31. The van der Waals surface area contributed by atoms with Gasteiger partial charge in [0.25, 0.3) is 0 Å². The van der Waals surface area contributed by atoms with Crippen LogP contribution in [0.4, 0.5) is 0 Å². The SMILES string of the molecule is CCC/C=C\CCCCCCCC(=O)OC(/C=C\CCCCCCCCC)CCCCCCCCC(=O)NCC(=O)O. The van der Waals surface area contributed by atoms with Crippen molar-refractivity contribution in [3.63, 3.8) is 0 Å². The quantitative estimate of drug-likeness (QED) is 0.0475. The summed E-state index contributed by atoms with van der Waals surface area (Å²) < 4.78 is 5.90. The number of allylic oxidation sites excluding steroid dienone is 3. The number of nitrogens with one attached hydrogen (secondary N) is 1. The van der Waals surface area contributed by atoms with E-state index in [2.05, 4.69) is 43.5 Å². The average molecular weight is 592 g/mol. The number of aliphatic carboxylic acids is 1. The van der Waals surface area contributed by atoms with Crippen molar-refractivity contribution < 1.29 is 24.2 Å². The molecule has 244 valence electrons. The van der Waals surface area contributed by atoms with Gasteiger partial charge in [-0.15, -0.1) is 0 Å². The van der Waals surface area contributed by atoms with Gasteiger partial charge in [-0.3, -0.25) is 14.4 Å². The van der Waals surface area contributed by atoms with Crippen LogP contribution in [0.1, 0.15) is 174 Å². The highest BCUT2D eigenvalue weighted by atomic mass is 16.5. The maximum absolute atomic E-state index is 12.6. The van der Waals surface area contributed by atoms with Crippen molar-refractivity contribution in [3.05, 3.63) is 24.3 Å². The van der Waals surface area contributed by atoms with Crippen LogP contribution in [0.5, 0.6) is 0 Å². The lowest BCUT2D eigenvalue weighted by atomic mass is 10.0. The second-order valence-electron chi connectivity index (χ2n) is 11.8. The van der Waals surface area contributed by atoms with Crippen molar-refractivity contribution in [2.45, 2.75) is 180 Å². The Hall–Kier alpha value is -2.11. The Morgan fingerprint density at radius 2 is 1.14 bits per heavy atom. The van der Waals surface area contributed by atoms with Crippen molar-refractivity contribution in [2.75, 3.05) is 6.54 Å². The highest BCUT2D eigenvalue weighted by Crippen LogP contribution is 2.15. The van der Waals surface area contributed by atoms with Crippen LogP contribution in [0, 0.1) is 0 Å². The van der Waals surface area contributed by atoms with Gasteiger partial charge in [0.05, 0.1) is 0 Å². The standard InChI is InChI=1S/C36H65NO5/c1-3-5-7-9-11-13-15-17-23-27-31-36(41)42-33(28-24-20-16-14-12-10-8-6-4-2)29-25-21-18-19-22-26-30-34(38)37-32-35(39)40/h7,9,24,28,33H,3-6,8,10-23,25-27,29-32H2,1-2H3,(H,37,38)(H,39,40)/b9-7-,28-24-. The van der Waals surface area contributed by atoms with E-state index < -0.39 is 5.97 Å². The van der Waals surface area contributed by atoms with Gasteiger partial charge >= 0.3 is 11.9 Å². The zero-order valence-electron chi connectivity index (χ0n) is 27.4. The van der Waals surface area contributed by atoms with E-state index in [-0.39, 0.29) is 24.5 Å². The Labute approximate surface area is 258 Å². The summed E-state index contributed by atoms with van der Waals surface area (Å²) in [4.78, 5) is 34.7. The van der Waals surface area contributed by atoms with E-state index in [1.165, 1.54) is 83.5 Å². The summed E-state index contributed by atoms with van der Waals surface area (Å²) >= 11 is 0. The zero-order chi connectivity index (χ0) is 30.9. The number of carboxylic acids is 1. The molecule has 0 spiro atoms. The van der Waals surface area contributed by atoms with Crippen molar-refractivity contribution in [1.82, 2.24) is 5.32 Å².